The van der Waals surface area contributed by atoms with Gasteiger partial charge in [0, 0.05) is 11.8 Å². The highest BCUT2D eigenvalue weighted by atomic mass is 32.2. The number of benzene rings is 1. The van der Waals surface area contributed by atoms with E-state index in [1.165, 1.54) is 29.7 Å². The zero-order valence-corrected chi connectivity index (χ0v) is 14.7. The van der Waals surface area contributed by atoms with Gasteiger partial charge in [-0.1, -0.05) is 23.9 Å². The van der Waals surface area contributed by atoms with Crippen molar-refractivity contribution in [1.82, 2.24) is 5.32 Å². The Morgan fingerprint density at radius 1 is 1.12 bits per heavy atom. The van der Waals surface area contributed by atoms with E-state index in [0.717, 1.165) is 11.8 Å². The third-order valence-electron chi connectivity index (χ3n) is 3.39. The molecule has 1 unspecified atom stereocenters. The van der Waals surface area contributed by atoms with E-state index in [4.69, 9.17) is 9.47 Å². The van der Waals surface area contributed by atoms with Crippen molar-refractivity contribution in [3.05, 3.63) is 46.8 Å². The van der Waals surface area contributed by atoms with Crippen molar-refractivity contribution in [2.24, 2.45) is 0 Å². The van der Waals surface area contributed by atoms with E-state index in [0.29, 0.717) is 5.56 Å². The van der Waals surface area contributed by atoms with Gasteiger partial charge in [0.15, 0.2) is 5.78 Å². The summed E-state index contributed by atoms with van der Waals surface area (Å²) in [4.78, 5) is 35.3. The molecule has 0 fully saturated rings. The van der Waals surface area contributed by atoms with Gasteiger partial charge in [-0.15, -0.1) is 0 Å². The number of esters is 2. The Bertz CT molecular complexity index is 703. The van der Waals surface area contributed by atoms with Crippen molar-refractivity contribution in [1.29, 1.82) is 0 Å². The molecule has 0 aliphatic carbocycles. The standard InChI is InChI=1S/C17H18FNO5S/c1-3-23-15(21)13-10-25-17(19-13,16(22)24-4-2)14(20)9-11-5-7-12(18)8-6-11/h5-8,10,19H,3-4,9H2,1-2H3. The minimum Gasteiger partial charge on any atom is -0.463 e. The van der Waals surface area contributed by atoms with Gasteiger partial charge in [-0.3, -0.25) is 4.79 Å². The first-order valence-corrected chi connectivity index (χ1v) is 8.59. The molecule has 1 N–H and O–H groups in total. The topological polar surface area (TPSA) is 81.7 Å². The van der Waals surface area contributed by atoms with Crippen LogP contribution in [0.4, 0.5) is 4.39 Å². The Kier molecular flexibility index (Phi) is 6.19. The predicted octanol–water partition coefficient (Wildman–Crippen LogP) is 1.94. The van der Waals surface area contributed by atoms with Crippen molar-refractivity contribution < 1.29 is 28.2 Å². The van der Waals surface area contributed by atoms with Crippen molar-refractivity contribution in [2.75, 3.05) is 13.2 Å². The van der Waals surface area contributed by atoms with Gasteiger partial charge in [-0.2, -0.15) is 0 Å². The van der Waals surface area contributed by atoms with Crippen molar-refractivity contribution in [3.63, 3.8) is 0 Å². The molecule has 2 rings (SSSR count). The smallest absolute Gasteiger partial charge is 0.354 e. The molecule has 1 aromatic rings. The van der Waals surface area contributed by atoms with Gasteiger partial charge in [0.2, 0.25) is 4.87 Å². The number of thioether (sulfide) groups is 1. The molecule has 0 amide bonds. The van der Waals surface area contributed by atoms with Crippen LogP contribution in [0.5, 0.6) is 0 Å². The molecule has 0 saturated carbocycles. The van der Waals surface area contributed by atoms with Gasteiger partial charge in [0.25, 0.3) is 0 Å². The van der Waals surface area contributed by atoms with Gasteiger partial charge < -0.3 is 14.8 Å². The first-order valence-electron chi connectivity index (χ1n) is 7.71. The summed E-state index contributed by atoms with van der Waals surface area (Å²) in [5, 5.41) is 4.03. The van der Waals surface area contributed by atoms with Crippen LogP contribution < -0.4 is 5.32 Å². The van der Waals surface area contributed by atoms with Gasteiger partial charge in [0.05, 0.1) is 13.2 Å². The number of carbonyl (C=O) groups excluding carboxylic acids is 3. The number of Topliss-reactive ketones (excluding diaryl/α,β-unsaturated/α-hetero) is 1. The summed E-state index contributed by atoms with van der Waals surface area (Å²) in [5.74, 6) is -2.37. The molecule has 1 aromatic carbocycles. The fourth-order valence-electron chi connectivity index (χ4n) is 2.20. The molecule has 1 heterocycles. The number of hydrogen-bond acceptors (Lipinski definition) is 7. The van der Waals surface area contributed by atoms with Gasteiger partial charge >= 0.3 is 11.9 Å². The maximum atomic E-state index is 13.0. The average molecular weight is 367 g/mol. The summed E-state index contributed by atoms with van der Waals surface area (Å²) in [6.45, 7) is 3.52. The zero-order valence-electron chi connectivity index (χ0n) is 13.8. The van der Waals surface area contributed by atoms with Crippen LogP contribution in [0, 0.1) is 5.82 Å². The molecular weight excluding hydrogens is 349 g/mol. The third kappa shape index (κ3) is 4.19. The summed E-state index contributed by atoms with van der Waals surface area (Å²) in [7, 11) is 0. The van der Waals surface area contributed by atoms with Gasteiger partial charge in [0.1, 0.15) is 11.5 Å². The van der Waals surface area contributed by atoms with Crippen molar-refractivity contribution in [3.8, 4) is 0 Å². The first-order chi connectivity index (χ1) is 11.9. The molecule has 8 heteroatoms. The second-order valence-corrected chi connectivity index (χ2v) is 6.21. The first kappa shape index (κ1) is 19.0. The van der Waals surface area contributed by atoms with E-state index in [1.807, 2.05) is 0 Å². The lowest BCUT2D eigenvalue weighted by Crippen LogP contribution is -2.54. The van der Waals surface area contributed by atoms with Crippen LogP contribution in [0.3, 0.4) is 0 Å². The SMILES string of the molecule is CCOC(=O)C1=CSC(C(=O)Cc2ccc(F)cc2)(C(=O)OCC)N1. The number of rotatable bonds is 7. The Morgan fingerprint density at radius 3 is 2.36 bits per heavy atom. The zero-order chi connectivity index (χ0) is 18.4. The Hall–Kier alpha value is -2.35. The number of carbonyl (C=O) groups is 3. The molecule has 0 spiro atoms. The van der Waals surface area contributed by atoms with E-state index in [1.54, 1.807) is 13.8 Å². The van der Waals surface area contributed by atoms with E-state index in [9.17, 15) is 18.8 Å². The van der Waals surface area contributed by atoms with Crippen molar-refractivity contribution in [2.45, 2.75) is 25.1 Å². The van der Waals surface area contributed by atoms with Crippen LogP contribution in [0.15, 0.2) is 35.4 Å². The lowest BCUT2D eigenvalue weighted by Gasteiger charge is -2.26. The molecule has 25 heavy (non-hydrogen) atoms. The Balaban J connectivity index is 2.22. The monoisotopic (exact) mass is 367 g/mol. The maximum Gasteiger partial charge on any atom is 0.354 e. The lowest BCUT2D eigenvalue weighted by molar-refractivity contribution is -0.150. The van der Waals surface area contributed by atoms with Crippen LogP contribution in [0.1, 0.15) is 19.4 Å². The predicted molar refractivity (Wildman–Crippen MR) is 89.9 cm³/mol. The van der Waals surface area contributed by atoms with Crippen LogP contribution in [-0.4, -0.2) is 35.8 Å². The van der Waals surface area contributed by atoms with E-state index in [2.05, 4.69) is 5.32 Å². The minimum atomic E-state index is -1.76. The van der Waals surface area contributed by atoms with Crippen LogP contribution in [0.25, 0.3) is 0 Å². The van der Waals surface area contributed by atoms with Crippen LogP contribution in [0.2, 0.25) is 0 Å². The fraction of sp³-hybridized carbons (Fsp3) is 0.353. The second-order valence-electron chi connectivity index (χ2n) is 5.12. The molecular formula is C17H18FNO5S. The van der Waals surface area contributed by atoms with Crippen LogP contribution in [-0.2, 0) is 30.3 Å². The number of hydrogen-bond donors (Lipinski definition) is 1. The fourth-order valence-corrected chi connectivity index (χ4v) is 3.17. The van der Waals surface area contributed by atoms with Crippen molar-refractivity contribution >= 4 is 29.5 Å². The second kappa shape index (κ2) is 8.15. The largest absolute Gasteiger partial charge is 0.463 e. The van der Waals surface area contributed by atoms with Gasteiger partial charge in [-0.25, -0.2) is 14.0 Å². The van der Waals surface area contributed by atoms with E-state index >= 15 is 0 Å². The number of halogens is 1. The molecule has 6 nitrogen and oxygen atoms in total. The van der Waals surface area contributed by atoms with E-state index in [-0.39, 0.29) is 25.3 Å². The van der Waals surface area contributed by atoms with Gasteiger partial charge in [-0.05, 0) is 31.5 Å². The maximum absolute atomic E-state index is 13.0. The summed E-state index contributed by atoms with van der Waals surface area (Å²) >= 11 is 0.859. The van der Waals surface area contributed by atoms with E-state index < -0.39 is 28.4 Å². The number of nitrogens with one attached hydrogen (secondary N) is 1. The highest BCUT2D eigenvalue weighted by Crippen LogP contribution is 2.35. The molecule has 134 valence electrons. The molecule has 0 radical (unpaired) electrons. The van der Waals surface area contributed by atoms with Crippen LogP contribution >= 0.6 is 11.8 Å². The molecule has 0 aromatic heterocycles. The number of ether oxygens (including phenoxy) is 2. The third-order valence-corrected chi connectivity index (χ3v) is 4.60. The normalized spacial score (nSPS) is 18.9. The Labute approximate surface area is 148 Å². The molecule has 1 atom stereocenters. The summed E-state index contributed by atoms with van der Waals surface area (Å²) in [6.07, 6.45) is -0.122. The number of ketones is 1. The quantitative estimate of drug-likeness (QED) is 0.582. The summed E-state index contributed by atoms with van der Waals surface area (Å²) < 4.78 is 22.9. The average Bonchev–Trinajstić information content (AvgIpc) is 3.04. The Morgan fingerprint density at radius 2 is 1.76 bits per heavy atom. The highest BCUT2D eigenvalue weighted by molar-refractivity contribution is 8.05. The molecule has 1 aliphatic rings. The molecule has 1 aliphatic heterocycles. The highest BCUT2D eigenvalue weighted by Gasteiger charge is 2.51. The molecule has 0 bridgehead atoms. The summed E-state index contributed by atoms with van der Waals surface area (Å²) in [5.41, 5.74) is 0.564. The minimum absolute atomic E-state index is 0.0207. The lowest BCUT2D eigenvalue weighted by atomic mass is 10.0. The molecule has 0 saturated heterocycles. The summed E-state index contributed by atoms with van der Waals surface area (Å²) in [6, 6.07) is 5.39.